The molecule has 1 aliphatic rings. The molecule has 1 N–H and O–H groups in total. The van der Waals surface area contributed by atoms with Crippen molar-refractivity contribution in [2.75, 3.05) is 13.1 Å². The smallest absolute Gasteiger partial charge is 0.317 e. The van der Waals surface area contributed by atoms with Gasteiger partial charge >= 0.3 is 6.03 Å². The Kier molecular flexibility index (Phi) is 4.62. The topological polar surface area (TPSA) is 68.0 Å². The molecule has 1 atom stereocenters. The third kappa shape index (κ3) is 3.69. The average Bonchev–Trinajstić information content (AvgIpc) is 3.40. The fourth-order valence-corrected chi connectivity index (χ4v) is 3.43. The molecular formula is C19H21FN6O. The predicted octanol–water partition coefficient (Wildman–Crippen LogP) is 2.44. The van der Waals surface area contributed by atoms with Gasteiger partial charge in [-0.05, 0) is 29.7 Å². The average molecular weight is 368 g/mol. The number of halogens is 1. The van der Waals surface area contributed by atoms with E-state index in [0.29, 0.717) is 30.3 Å². The summed E-state index contributed by atoms with van der Waals surface area (Å²) in [6.45, 7) is 1.67. The van der Waals surface area contributed by atoms with Crippen molar-refractivity contribution in [1.29, 1.82) is 0 Å². The Labute approximate surface area is 156 Å². The SMILES string of the molecule is Cn1cc(C2CCN(C(=O)NCc3ccc(-n4ccnc4)c(F)c3)C2)cn1. The van der Waals surface area contributed by atoms with Crippen LogP contribution in [0.1, 0.15) is 23.5 Å². The minimum Gasteiger partial charge on any atom is -0.334 e. The van der Waals surface area contributed by atoms with Crippen LogP contribution in [0.5, 0.6) is 0 Å². The molecule has 0 saturated carbocycles. The van der Waals surface area contributed by atoms with Crippen LogP contribution in [0.3, 0.4) is 0 Å². The Morgan fingerprint density at radius 2 is 2.30 bits per heavy atom. The molecule has 0 bridgehead atoms. The fourth-order valence-electron chi connectivity index (χ4n) is 3.43. The zero-order valence-electron chi connectivity index (χ0n) is 15.0. The van der Waals surface area contributed by atoms with Crippen molar-refractivity contribution >= 4 is 6.03 Å². The molecule has 1 unspecified atom stereocenters. The minimum absolute atomic E-state index is 0.125. The maximum Gasteiger partial charge on any atom is 0.317 e. The van der Waals surface area contributed by atoms with Crippen molar-refractivity contribution in [2.24, 2.45) is 7.05 Å². The van der Waals surface area contributed by atoms with Gasteiger partial charge < -0.3 is 14.8 Å². The lowest BCUT2D eigenvalue weighted by Crippen LogP contribution is -2.37. The summed E-state index contributed by atoms with van der Waals surface area (Å²) >= 11 is 0. The second-order valence-electron chi connectivity index (χ2n) is 6.79. The number of imidazole rings is 1. The zero-order chi connectivity index (χ0) is 18.8. The number of aryl methyl sites for hydroxylation is 1. The number of amides is 2. The third-order valence-electron chi connectivity index (χ3n) is 4.91. The van der Waals surface area contributed by atoms with Crippen molar-refractivity contribution in [2.45, 2.75) is 18.9 Å². The van der Waals surface area contributed by atoms with E-state index in [9.17, 15) is 9.18 Å². The van der Waals surface area contributed by atoms with Crippen molar-refractivity contribution in [3.8, 4) is 5.69 Å². The van der Waals surface area contributed by atoms with Gasteiger partial charge in [-0.1, -0.05) is 6.07 Å². The molecule has 1 fully saturated rings. The van der Waals surface area contributed by atoms with Crippen LogP contribution in [-0.4, -0.2) is 43.4 Å². The van der Waals surface area contributed by atoms with Gasteiger partial charge in [-0.2, -0.15) is 5.10 Å². The largest absolute Gasteiger partial charge is 0.334 e. The quantitative estimate of drug-likeness (QED) is 0.769. The second-order valence-corrected chi connectivity index (χ2v) is 6.79. The molecule has 140 valence electrons. The van der Waals surface area contributed by atoms with Gasteiger partial charge in [-0.3, -0.25) is 4.68 Å². The highest BCUT2D eigenvalue weighted by Crippen LogP contribution is 2.26. The molecule has 3 aromatic rings. The summed E-state index contributed by atoms with van der Waals surface area (Å²) < 4.78 is 17.7. The first kappa shape index (κ1) is 17.3. The number of hydrogen-bond donors (Lipinski definition) is 1. The van der Waals surface area contributed by atoms with E-state index in [0.717, 1.165) is 12.0 Å². The van der Waals surface area contributed by atoms with Gasteiger partial charge in [0.25, 0.3) is 0 Å². The van der Waals surface area contributed by atoms with E-state index >= 15 is 0 Å². The number of nitrogens with one attached hydrogen (secondary N) is 1. The zero-order valence-corrected chi connectivity index (χ0v) is 15.0. The summed E-state index contributed by atoms with van der Waals surface area (Å²) in [6.07, 6.45) is 9.61. The van der Waals surface area contributed by atoms with Gasteiger partial charge in [0.1, 0.15) is 5.82 Å². The van der Waals surface area contributed by atoms with Crippen LogP contribution < -0.4 is 5.32 Å². The van der Waals surface area contributed by atoms with Crippen molar-refractivity contribution in [1.82, 2.24) is 29.5 Å². The first-order valence-electron chi connectivity index (χ1n) is 8.88. The number of carbonyl (C=O) groups is 1. The van der Waals surface area contributed by atoms with Gasteiger partial charge in [-0.15, -0.1) is 0 Å². The molecule has 4 rings (SSSR count). The molecule has 0 radical (unpaired) electrons. The van der Waals surface area contributed by atoms with Crippen LogP contribution in [0.15, 0.2) is 49.3 Å². The number of benzene rings is 1. The van der Waals surface area contributed by atoms with E-state index in [1.807, 2.05) is 19.4 Å². The van der Waals surface area contributed by atoms with E-state index in [-0.39, 0.29) is 18.4 Å². The van der Waals surface area contributed by atoms with E-state index in [1.54, 1.807) is 45.0 Å². The van der Waals surface area contributed by atoms with E-state index < -0.39 is 0 Å². The number of carbonyl (C=O) groups excluding carboxylic acids is 1. The lowest BCUT2D eigenvalue weighted by atomic mass is 10.0. The second kappa shape index (κ2) is 7.22. The maximum atomic E-state index is 14.3. The van der Waals surface area contributed by atoms with Crippen LogP contribution >= 0.6 is 0 Å². The van der Waals surface area contributed by atoms with E-state index in [2.05, 4.69) is 15.4 Å². The summed E-state index contributed by atoms with van der Waals surface area (Å²) in [5.41, 5.74) is 2.30. The molecule has 1 saturated heterocycles. The third-order valence-corrected chi connectivity index (χ3v) is 4.91. The lowest BCUT2D eigenvalue weighted by molar-refractivity contribution is 0.208. The molecule has 0 aliphatic carbocycles. The number of aromatic nitrogens is 4. The Morgan fingerprint density at radius 1 is 1.41 bits per heavy atom. The highest BCUT2D eigenvalue weighted by atomic mass is 19.1. The first-order chi connectivity index (χ1) is 13.1. The highest BCUT2D eigenvalue weighted by Gasteiger charge is 2.27. The molecule has 2 aromatic heterocycles. The normalized spacial score (nSPS) is 16.7. The summed E-state index contributed by atoms with van der Waals surface area (Å²) in [6, 6.07) is 4.81. The molecule has 1 aliphatic heterocycles. The molecule has 2 amide bonds. The fraction of sp³-hybridized carbons (Fsp3) is 0.316. The molecule has 0 spiro atoms. The van der Waals surface area contributed by atoms with Crippen LogP contribution in [0.2, 0.25) is 0 Å². The number of hydrogen-bond acceptors (Lipinski definition) is 3. The van der Waals surface area contributed by atoms with Crippen LogP contribution in [0.25, 0.3) is 5.69 Å². The monoisotopic (exact) mass is 368 g/mol. The van der Waals surface area contributed by atoms with Gasteiger partial charge in [0, 0.05) is 51.2 Å². The molecule has 27 heavy (non-hydrogen) atoms. The molecule has 7 nitrogen and oxygen atoms in total. The van der Waals surface area contributed by atoms with Gasteiger partial charge in [0.15, 0.2) is 0 Å². The van der Waals surface area contributed by atoms with E-state index in [4.69, 9.17) is 0 Å². The van der Waals surface area contributed by atoms with Gasteiger partial charge in [0.05, 0.1) is 18.2 Å². The summed E-state index contributed by atoms with van der Waals surface area (Å²) in [5.74, 6) is -0.0334. The van der Waals surface area contributed by atoms with Crippen molar-refractivity contribution < 1.29 is 9.18 Å². The Bertz CT molecular complexity index is 936. The summed E-state index contributed by atoms with van der Waals surface area (Å²) in [7, 11) is 1.89. The number of nitrogens with zero attached hydrogens (tertiary/aromatic N) is 5. The Balaban J connectivity index is 1.34. The van der Waals surface area contributed by atoms with Crippen molar-refractivity contribution in [3.63, 3.8) is 0 Å². The molecular weight excluding hydrogens is 347 g/mol. The van der Waals surface area contributed by atoms with Crippen LogP contribution in [0, 0.1) is 5.82 Å². The van der Waals surface area contributed by atoms with Gasteiger partial charge in [0.2, 0.25) is 0 Å². The minimum atomic E-state index is -0.349. The lowest BCUT2D eigenvalue weighted by Gasteiger charge is -2.17. The van der Waals surface area contributed by atoms with Gasteiger partial charge in [-0.25, -0.2) is 14.2 Å². The van der Waals surface area contributed by atoms with Crippen LogP contribution in [0.4, 0.5) is 9.18 Å². The highest BCUT2D eigenvalue weighted by molar-refractivity contribution is 5.74. The van der Waals surface area contributed by atoms with Crippen LogP contribution in [-0.2, 0) is 13.6 Å². The number of urea groups is 1. The first-order valence-corrected chi connectivity index (χ1v) is 8.88. The number of rotatable bonds is 4. The predicted molar refractivity (Wildman–Crippen MR) is 97.9 cm³/mol. The molecule has 8 heteroatoms. The maximum absolute atomic E-state index is 14.3. The standard InChI is InChI=1S/C19H21FN6O/c1-24-11-16(10-23-24)15-4-6-25(12-15)19(27)22-9-14-2-3-18(17(20)8-14)26-7-5-21-13-26/h2-3,5,7-8,10-11,13,15H,4,6,9,12H2,1H3,(H,22,27). The van der Waals surface area contributed by atoms with Crippen molar-refractivity contribution in [3.05, 3.63) is 66.3 Å². The van der Waals surface area contributed by atoms with E-state index in [1.165, 1.54) is 6.07 Å². The summed E-state index contributed by atoms with van der Waals surface area (Å²) in [4.78, 5) is 18.2. The molecule has 3 heterocycles. The molecule has 1 aromatic carbocycles. The summed E-state index contributed by atoms with van der Waals surface area (Å²) in [5, 5.41) is 7.08. The Hall–Kier alpha value is -3.16. The Morgan fingerprint density at radius 3 is 3.00 bits per heavy atom. The number of likely N-dealkylation sites (tertiary alicyclic amines) is 1.